The number of allylic oxidation sites excluding steroid dienone is 1. The van der Waals surface area contributed by atoms with Crippen molar-refractivity contribution in [3.8, 4) is 23.2 Å². The van der Waals surface area contributed by atoms with Gasteiger partial charge in [0.2, 0.25) is 11.8 Å². The molecular weight excluding hydrogens is 532 g/mol. The van der Waals surface area contributed by atoms with E-state index in [9.17, 15) is 9.59 Å². The van der Waals surface area contributed by atoms with E-state index in [-0.39, 0.29) is 17.3 Å². The van der Waals surface area contributed by atoms with Crippen LogP contribution in [0.15, 0.2) is 99.8 Å². The number of oxazole rings is 2. The Morgan fingerprint density at radius 3 is 1.88 bits per heavy atom. The number of nitrogens with one attached hydrogen (secondary N) is 2. The van der Waals surface area contributed by atoms with E-state index < -0.39 is 5.91 Å². The van der Waals surface area contributed by atoms with E-state index in [0.29, 0.717) is 45.6 Å². The lowest BCUT2D eigenvalue weighted by Gasteiger charge is -2.08. The minimum Gasteiger partial charge on any atom is -0.435 e. The van der Waals surface area contributed by atoms with Crippen LogP contribution in [-0.2, 0) is 6.42 Å². The van der Waals surface area contributed by atoms with Crippen LogP contribution < -0.4 is 10.6 Å². The van der Waals surface area contributed by atoms with Gasteiger partial charge < -0.3 is 19.5 Å². The van der Waals surface area contributed by atoms with Gasteiger partial charge in [0.1, 0.15) is 28.3 Å². The van der Waals surface area contributed by atoms with Gasteiger partial charge in [-0.15, -0.1) is 0 Å². The first-order valence-corrected chi connectivity index (χ1v) is 13.3. The first-order valence-electron chi connectivity index (χ1n) is 13.3. The average Bonchev–Trinajstić information content (AvgIpc) is 3.67. The monoisotopic (exact) mass is 554 g/mol. The molecule has 204 valence electrons. The molecule has 0 fully saturated rings. The third-order valence-corrected chi connectivity index (χ3v) is 6.64. The molecule has 1 aliphatic carbocycles. The van der Waals surface area contributed by atoms with Crippen molar-refractivity contribution in [2.45, 2.75) is 12.8 Å². The highest BCUT2D eigenvalue weighted by atomic mass is 16.4. The summed E-state index contributed by atoms with van der Waals surface area (Å²) in [6.45, 7) is 0. The molecular formula is C32H22N6O4. The van der Waals surface area contributed by atoms with Crippen LogP contribution >= 0.6 is 0 Å². The van der Waals surface area contributed by atoms with Crippen LogP contribution in [0.4, 0.5) is 11.4 Å². The van der Waals surface area contributed by atoms with Gasteiger partial charge in [-0.05, 0) is 79.6 Å². The van der Waals surface area contributed by atoms with E-state index in [2.05, 4.69) is 30.6 Å². The summed E-state index contributed by atoms with van der Waals surface area (Å²) in [4.78, 5) is 43.7. The van der Waals surface area contributed by atoms with Gasteiger partial charge in [-0.3, -0.25) is 9.59 Å². The van der Waals surface area contributed by atoms with Crippen LogP contribution in [0.2, 0.25) is 0 Å². The summed E-state index contributed by atoms with van der Waals surface area (Å²) in [5, 5.41) is 5.65. The molecule has 10 nitrogen and oxygen atoms in total. The van der Waals surface area contributed by atoms with Crippen LogP contribution in [0.1, 0.15) is 38.9 Å². The number of aryl methyl sites for hydroxylation is 1. The molecule has 0 saturated heterocycles. The Balaban J connectivity index is 1.01. The number of anilines is 2. The van der Waals surface area contributed by atoms with Gasteiger partial charge >= 0.3 is 0 Å². The number of nitrogens with zero attached hydrogens (tertiary/aromatic N) is 4. The van der Waals surface area contributed by atoms with Crippen molar-refractivity contribution in [3.63, 3.8) is 0 Å². The summed E-state index contributed by atoms with van der Waals surface area (Å²) in [7, 11) is 0. The molecule has 0 aliphatic heterocycles. The number of aromatic nitrogens is 4. The molecule has 42 heavy (non-hydrogen) atoms. The number of amides is 2. The Hall–Kier alpha value is -5.90. The summed E-state index contributed by atoms with van der Waals surface area (Å²) in [5.74, 6) is 0.671. The van der Waals surface area contributed by atoms with Gasteiger partial charge in [-0.1, -0.05) is 30.3 Å². The molecule has 4 heterocycles. The molecule has 0 spiro atoms. The summed E-state index contributed by atoms with van der Waals surface area (Å²) < 4.78 is 11.6. The second-order valence-corrected chi connectivity index (χ2v) is 9.56. The summed E-state index contributed by atoms with van der Waals surface area (Å²) in [5.41, 5.74) is 4.69. The second kappa shape index (κ2) is 10.6. The fourth-order valence-corrected chi connectivity index (χ4v) is 4.56. The van der Waals surface area contributed by atoms with E-state index in [1.165, 1.54) is 0 Å². The van der Waals surface area contributed by atoms with Crippen LogP contribution in [-0.4, -0.2) is 31.8 Å². The Bertz CT molecular complexity index is 1960. The van der Waals surface area contributed by atoms with Crippen molar-refractivity contribution >= 4 is 40.4 Å². The van der Waals surface area contributed by atoms with Crippen molar-refractivity contribution < 1.29 is 18.4 Å². The molecule has 6 aromatic rings. The van der Waals surface area contributed by atoms with Crippen LogP contribution in [0.5, 0.6) is 0 Å². The predicted molar refractivity (Wildman–Crippen MR) is 157 cm³/mol. The molecule has 10 heteroatoms. The molecule has 2 amide bonds. The highest BCUT2D eigenvalue weighted by molar-refractivity contribution is 6.04. The third kappa shape index (κ3) is 5.04. The number of carbonyl (C=O) groups is 2. The average molecular weight is 555 g/mol. The van der Waals surface area contributed by atoms with Crippen molar-refractivity contribution in [3.05, 3.63) is 114 Å². The number of benzene rings is 2. The number of rotatable bonds is 6. The minimum absolute atomic E-state index is 0.209. The standard InChI is InChI=1S/C32H22N6O4/c39-29(23-9-5-11-25(35-23)31-37-21-7-1-3-13-27(21)41-31)33-19-15-17-20(18-16-19)34-30(40)24-10-6-12-26(36-24)32-38-22-8-2-4-14-28(22)42-32/h1,3-7,9-18H,2,8H2,(H,33,39)(H,34,40). The number of pyridine rings is 2. The highest BCUT2D eigenvalue weighted by Gasteiger charge is 2.18. The van der Waals surface area contributed by atoms with Crippen molar-refractivity contribution in [1.82, 2.24) is 19.9 Å². The molecule has 0 bridgehead atoms. The molecule has 4 aromatic heterocycles. The van der Waals surface area contributed by atoms with E-state index in [1.54, 1.807) is 60.7 Å². The number of carbonyl (C=O) groups excluding carboxylic acids is 2. The molecule has 7 rings (SSSR count). The maximum absolute atomic E-state index is 12.9. The van der Waals surface area contributed by atoms with E-state index in [4.69, 9.17) is 8.83 Å². The zero-order chi connectivity index (χ0) is 28.5. The first kappa shape index (κ1) is 25.1. The molecule has 2 N–H and O–H groups in total. The Morgan fingerprint density at radius 2 is 1.26 bits per heavy atom. The topological polar surface area (TPSA) is 136 Å². The smallest absolute Gasteiger partial charge is 0.274 e. The zero-order valence-corrected chi connectivity index (χ0v) is 22.1. The molecule has 2 aromatic carbocycles. The van der Waals surface area contributed by atoms with Crippen molar-refractivity contribution in [1.29, 1.82) is 0 Å². The number of hydrogen-bond donors (Lipinski definition) is 2. The molecule has 0 radical (unpaired) electrons. The summed E-state index contributed by atoms with van der Waals surface area (Å²) in [6.07, 6.45) is 5.68. The minimum atomic E-state index is -0.394. The fraction of sp³-hybridized carbons (Fsp3) is 0.0625. The quantitative estimate of drug-likeness (QED) is 0.241. The summed E-state index contributed by atoms with van der Waals surface area (Å²) in [6, 6.07) is 24.4. The molecule has 0 saturated carbocycles. The van der Waals surface area contributed by atoms with Crippen molar-refractivity contribution in [2.75, 3.05) is 10.6 Å². The Labute approximate surface area is 239 Å². The second-order valence-electron chi connectivity index (χ2n) is 9.56. The lowest BCUT2D eigenvalue weighted by atomic mass is 10.1. The van der Waals surface area contributed by atoms with Crippen molar-refractivity contribution in [2.24, 2.45) is 0 Å². The van der Waals surface area contributed by atoms with Gasteiger partial charge in [-0.2, -0.15) is 0 Å². The highest BCUT2D eigenvalue weighted by Crippen LogP contribution is 2.26. The first-order chi connectivity index (χ1) is 20.6. The Morgan fingerprint density at radius 1 is 0.643 bits per heavy atom. The maximum atomic E-state index is 12.9. The van der Waals surface area contributed by atoms with Gasteiger partial charge in [0.15, 0.2) is 11.3 Å². The number of hydrogen-bond acceptors (Lipinski definition) is 8. The molecule has 0 atom stereocenters. The van der Waals surface area contributed by atoms with Gasteiger partial charge in [0.05, 0.1) is 5.69 Å². The van der Waals surface area contributed by atoms with Crippen LogP contribution in [0, 0.1) is 0 Å². The number of para-hydroxylation sites is 2. The lowest BCUT2D eigenvalue weighted by molar-refractivity contribution is 0.101. The van der Waals surface area contributed by atoms with Gasteiger partial charge in [0.25, 0.3) is 11.8 Å². The van der Waals surface area contributed by atoms with Crippen LogP contribution in [0.25, 0.3) is 40.3 Å². The molecule has 0 unspecified atom stereocenters. The van der Waals surface area contributed by atoms with E-state index in [0.717, 1.165) is 24.3 Å². The largest absolute Gasteiger partial charge is 0.435 e. The molecule has 1 aliphatic rings. The summed E-state index contributed by atoms with van der Waals surface area (Å²) >= 11 is 0. The fourth-order valence-electron chi connectivity index (χ4n) is 4.56. The van der Waals surface area contributed by atoms with E-state index >= 15 is 0 Å². The Kier molecular flexibility index (Phi) is 6.32. The van der Waals surface area contributed by atoms with Gasteiger partial charge in [-0.25, -0.2) is 19.9 Å². The van der Waals surface area contributed by atoms with Gasteiger partial charge in [0, 0.05) is 11.4 Å². The van der Waals surface area contributed by atoms with E-state index in [1.807, 2.05) is 36.4 Å². The maximum Gasteiger partial charge on any atom is 0.274 e. The zero-order valence-electron chi connectivity index (χ0n) is 22.1. The predicted octanol–water partition coefficient (Wildman–Crippen LogP) is 6.40. The van der Waals surface area contributed by atoms with Crippen LogP contribution in [0.3, 0.4) is 0 Å². The normalized spacial score (nSPS) is 12.2. The number of fused-ring (bicyclic) bond motifs is 2. The third-order valence-electron chi connectivity index (χ3n) is 6.64. The lowest BCUT2D eigenvalue weighted by Crippen LogP contribution is -2.15. The SMILES string of the molecule is O=C(Nc1ccc(NC(=O)c2cccc(-c3nc4ccccc4o3)n2)cc1)c1cccc(-c2nc3c(o2)C=CCC3)n1.